The van der Waals surface area contributed by atoms with Crippen molar-refractivity contribution in [2.45, 2.75) is 18.8 Å². The normalized spacial score (nSPS) is 15.1. The van der Waals surface area contributed by atoms with Gasteiger partial charge in [-0.05, 0) is 72.8 Å². The molecule has 69 heavy (non-hydrogen) atoms. The second-order valence-corrected chi connectivity index (χ2v) is 17.5. The number of β-lactam (4-membered cyclic amide) rings is 1. The van der Waals surface area contributed by atoms with E-state index in [0.717, 1.165) is 0 Å². The van der Waals surface area contributed by atoms with E-state index in [1.807, 2.05) is 0 Å². The number of halogens is 4. The largest absolute Gasteiger partial charge is 0.507 e. The van der Waals surface area contributed by atoms with Gasteiger partial charge in [0.25, 0.3) is 17.0 Å². The van der Waals surface area contributed by atoms with Crippen molar-refractivity contribution < 1.29 is 43.2 Å². The Balaban J connectivity index is 0.000000309. The summed E-state index contributed by atoms with van der Waals surface area (Å²) >= 11 is 25.5. The zero-order chi connectivity index (χ0) is 48.5. The highest BCUT2D eigenvalue weighted by molar-refractivity contribution is 8.00. The Labute approximate surface area is 418 Å². The van der Waals surface area contributed by atoms with Crippen LogP contribution in [0.2, 0.25) is 20.1 Å². The maximum atomic E-state index is 13.3. The van der Waals surface area contributed by atoms with Crippen molar-refractivity contribution >= 4 is 97.8 Å². The zero-order valence-electron chi connectivity index (χ0n) is 35.8. The number of phenolic OH excluding ortho intramolecular Hbond substituents is 1. The zero-order valence-corrected chi connectivity index (χ0v) is 39.7. The monoisotopic (exact) mass is 1040 g/mol. The van der Waals surface area contributed by atoms with E-state index in [1.54, 1.807) is 61.7 Å². The van der Waals surface area contributed by atoms with E-state index in [0.29, 0.717) is 89.9 Å². The molecule has 6 aromatic rings. The van der Waals surface area contributed by atoms with Crippen LogP contribution in [0.5, 0.6) is 11.5 Å². The molecule has 2 aliphatic rings. The number of methoxy groups -OCH3 is 1. The van der Waals surface area contributed by atoms with Crippen LogP contribution >= 0.6 is 58.2 Å². The first-order valence-electron chi connectivity index (χ1n) is 20.5. The Kier molecular flexibility index (Phi) is 18.3. The number of amides is 2. The van der Waals surface area contributed by atoms with Crippen molar-refractivity contribution in [2.24, 2.45) is 0 Å². The molecule has 4 N–H and O–H groups in total. The first-order chi connectivity index (χ1) is 32.8. The Morgan fingerprint density at radius 3 is 2.03 bits per heavy atom. The maximum absolute atomic E-state index is 13.3. The molecule has 8 rings (SSSR count). The predicted octanol–water partition coefficient (Wildman–Crippen LogP) is 7.58. The lowest BCUT2D eigenvalue weighted by Crippen LogP contribution is -2.71. The fourth-order valence-electron chi connectivity index (χ4n) is 6.88. The Bertz CT molecular complexity index is 3060. The standard InChI is InChI=1S/C32H32Cl2N4O9S.C14H8Cl2N2O2.CH4/c1-3-8-46-32(42)27-18(17-48-31-26(30(41)38(27)31)36-25(39)16-45-12-11-44-10-9-43-2)15-47-24-7-5-20(34)14-22(24)28-35-23-6-4-19(33)13-21(23)29(40)37-28;15-7-1-3-11-9(5-7)14(20)18-13(17-11)10-6-8(16)2-4-12(10)19;/h3-7,13-14,26,31H,1,8-12,15-17H2,2H3,(H,36,39)(H,35,37,40);1-6,19H,(H,17,18,20);1H4/t26-,31?;;/m1../s1. The average Bonchev–Trinajstić information content (AvgIpc) is 3.32. The van der Waals surface area contributed by atoms with Crippen LogP contribution in [0, 0.1) is 0 Å². The number of esters is 1. The number of H-pyrrole nitrogens is 2. The van der Waals surface area contributed by atoms with Crippen molar-refractivity contribution in [3.8, 4) is 34.3 Å². The lowest BCUT2D eigenvalue weighted by molar-refractivity contribution is -0.153. The van der Waals surface area contributed by atoms with Crippen LogP contribution in [0.4, 0.5) is 0 Å². The van der Waals surface area contributed by atoms with E-state index in [9.17, 15) is 29.1 Å². The maximum Gasteiger partial charge on any atom is 0.355 e. The molecular formula is C47H44Cl4N6O11S. The van der Waals surface area contributed by atoms with Gasteiger partial charge in [-0.15, -0.1) is 11.8 Å². The number of hydrogen-bond acceptors (Lipinski definition) is 14. The van der Waals surface area contributed by atoms with E-state index in [-0.39, 0.29) is 62.5 Å². The SMILES string of the molecule is C.C=CCOC(=O)C1=C(COc2ccc(Cl)cc2-c2nc3ccc(Cl)cc3c(=O)[nH]2)CSC2[C@H](NC(=O)COCCOCCOC)C(=O)N12.O=c1[nH]c(-c2cc(Cl)ccc2O)nc2ccc(Cl)cc12. The number of hydrogen-bond donors (Lipinski definition) is 4. The molecule has 4 aromatic carbocycles. The number of benzene rings is 4. The molecule has 17 nitrogen and oxygen atoms in total. The Morgan fingerprint density at radius 1 is 0.826 bits per heavy atom. The number of fused-ring (bicyclic) bond motifs is 3. The Hall–Kier alpha value is -5.96. The van der Waals surface area contributed by atoms with Crippen molar-refractivity contribution in [3.63, 3.8) is 0 Å². The van der Waals surface area contributed by atoms with Gasteiger partial charge in [-0.3, -0.25) is 24.1 Å². The average molecular weight is 1040 g/mol. The third kappa shape index (κ3) is 12.6. The number of carbonyl (C=O) groups is 3. The number of phenols is 1. The summed E-state index contributed by atoms with van der Waals surface area (Å²) in [5.41, 5.74) is 1.47. The predicted molar refractivity (Wildman–Crippen MR) is 266 cm³/mol. The third-order valence-electron chi connectivity index (χ3n) is 10.1. The van der Waals surface area contributed by atoms with Gasteiger partial charge in [0.15, 0.2) is 0 Å². The molecule has 0 bridgehead atoms. The van der Waals surface area contributed by atoms with Crippen LogP contribution in [-0.2, 0) is 33.3 Å². The lowest BCUT2D eigenvalue weighted by atomic mass is 10.0. The lowest BCUT2D eigenvalue weighted by Gasteiger charge is -2.49. The number of nitrogens with one attached hydrogen (secondary N) is 3. The van der Waals surface area contributed by atoms with Gasteiger partial charge in [0.2, 0.25) is 5.91 Å². The summed E-state index contributed by atoms with van der Waals surface area (Å²) < 4.78 is 27.0. The van der Waals surface area contributed by atoms with Gasteiger partial charge in [-0.2, -0.15) is 0 Å². The molecule has 0 spiro atoms. The van der Waals surface area contributed by atoms with Crippen LogP contribution in [-0.4, -0.2) is 118 Å². The van der Waals surface area contributed by atoms with Crippen molar-refractivity contribution in [3.05, 3.63) is 138 Å². The van der Waals surface area contributed by atoms with Gasteiger partial charge >= 0.3 is 5.97 Å². The van der Waals surface area contributed by atoms with Gasteiger partial charge in [0.05, 0.1) is 59.4 Å². The summed E-state index contributed by atoms with van der Waals surface area (Å²) in [6, 6.07) is 18.2. The minimum Gasteiger partial charge on any atom is -0.507 e. The smallest absolute Gasteiger partial charge is 0.355 e. The summed E-state index contributed by atoms with van der Waals surface area (Å²) in [6.45, 7) is 4.49. The number of nitrogens with zero attached hydrogens (tertiary/aromatic N) is 3. The molecule has 1 saturated heterocycles. The first kappa shape index (κ1) is 52.4. The van der Waals surface area contributed by atoms with Crippen LogP contribution < -0.4 is 21.2 Å². The first-order valence-corrected chi connectivity index (χ1v) is 23.0. The third-order valence-corrected chi connectivity index (χ3v) is 12.4. The van der Waals surface area contributed by atoms with E-state index in [1.165, 1.54) is 40.9 Å². The second kappa shape index (κ2) is 24.0. The van der Waals surface area contributed by atoms with E-state index in [4.69, 9.17) is 70.1 Å². The molecule has 2 amide bonds. The quantitative estimate of drug-likeness (QED) is 0.0299. The molecule has 4 heterocycles. The minimum absolute atomic E-state index is 0. The van der Waals surface area contributed by atoms with Crippen molar-refractivity contribution in [2.75, 3.05) is 59.1 Å². The number of ether oxygens (including phenoxy) is 5. The highest BCUT2D eigenvalue weighted by Gasteiger charge is 2.54. The van der Waals surface area contributed by atoms with E-state index >= 15 is 0 Å². The van der Waals surface area contributed by atoms with Gasteiger partial charge in [0.1, 0.15) is 60.1 Å². The molecule has 1 unspecified atom stereocenters. The van der Waals surface area contributed by atoms with Crippen molar-refractivity contribution in [1.29, 1.82) is 0 Å². The number of rotatable bonds is 17. The number of aromatic amines is 2. The molecule has 1 fully saturated rings. The molecule has 0 saturated carbocycles. The number of carbonyl (C=O) groups excluding carboxylic acids is 3. The fraction of sp³-hybridized carbons (Fsp3) is 0.255. The molecule has 362 valence electrons. The fourth-order valence-corrected chi connectivity index (χ4v) is 8.90. The molecule has 0 aliphatic carbocycles. The van der Waals surface area contributed by atoms with E-state index < -0.39 is 34.8 Å². The molecular weight excluding hydrogens is 998 g/mol. The summed E-state index contributed by atoms with van der Waals surface area (Å²) in [5, 5.41) is 14.4. The second-order valence-electron chi connectivity index (χ2n) is 14.7. The van der Waals surface area contributed by atoms with Crippen molar-refractivity contribution in [1.82, 2.24) is 30.2 Å². The van der Waals surface area contributed by atoms with E-state index in [2.05, 4.69) is 31.8 Å². The van der Waals surface area contributed by atoms with Gasteiger partial charge < -0.3 is 44.1 Å². The Morgan fingerprint density at radius 2 is 1.39 bits per heavy atom. The molecule has 2 aliphatic heterocycles. The number of thioether (sulfide) groups is 1. The van der Waals surface area contributed by atoms with Crippen LogP contribution in [0.3, 0.4) is 0 Å². The number of aromatic hydroxyl groups is 1. The van der Waals surface area contributed by atoms with Gasteiger partial charge in [-0.25, -0.2) is 14.8 Å². The van der Waals surface area contributed by atoms with Crippen LogP contribution in [0.25, 0.3) is 44.6 Å². The highest BCUT2D eigenvalue weighted by Crippen LogP contribution is 2.41. The molecule has 22 heteroatoms. The molecule has 2 aromatic heterocycles. The summed E-state index contributed by atoms with van der Waals surface area (Å²) in [7, 11) is 1.57. The topological polar surface area (TPSA) is 224 Å². The minimum atomic E-state index is -0.859. The number of aromatic nitrogens is 4. The summed E-state index contributed by atoms with van der Waals surface area (Å²) in [5.74, 6) is -0.610. The highest BCUT2D eigenvalue weighted by atomic mass is 35.5. The van der Waals surface area contributed by atoms with Crippen LogP contribution in [0.15, 0.2) is 106 Å². The summed E-state index contributed by atoms with van der Waals surface area (Å²) in [4.78, 5) is 79.5. The van der Waals surface area contributed by atoms with Gasteiger partial charge in [0, 0.05) is 38.5 Å². The molecule has 2 atom stereocenters. The van der Waals surface area contributed by atoms with Crippen LogP contribution in [0.1, 0.15) is 7.43 Å². The summed E-state index contributed by atoms with van der Waals surface area (Å²) in [6.07, 6.45) is 1.42. The molecule has 0 radical (unpaired) electrons. The van der Waals surface area contributed by atoms with Gasteiger partial charge in [-0.1, -0.05) is 66.5 Å².